The zero-order valence-electron chi connectivity index (χ0n) is 10.1. The normalized spacial score (nSPS) is 10.8. The van der Waals surface area contributed by atoms with Gasteiger partial charge in [0.2, 0.25) is 0 Å². The van der Waals surface area contributed by atoms with E-state index in [2.05, 4.69) is 4.98 Å². The maximum Gasteiger partial charge on any atom is 0.150 e. The van der Waals surface area contributed by atoms with Crippen molar-refractivity contribution in [2.75, 3.05) is 0 Å². The van der Waals surface area contributed by atoms with Crippen molar-refractivity contribution in [2.45, 2.75) is 6.42 Å². The Balaban J connectivity index is 1.98. The van der Waals surface area contributed by atoms with Crippen LogP contribution in [0.2, 0.25) is 0 Å². The molecule has 0 saturated carbocycles. The van der Waals surface area contributed by atoms with Gasteiger partial charge in [0.25, 0.3) is 0 Å². The van der Waals surface area contributed by atoms with Crippen molar-refractivity contribution in [2.24, 2.45) is 0 Å². The van der Waals surface area contributed by atoms with Crippen molar-refractivity contribution < 1.29 is 9.18 Å². The lowest BCUT2D eigenvalue weighted by molar-refractivity contribution is 0.112. The van der Waals surface area contributed by atoms with E-state index in [0.717, 1.165) is 12.0 Å². The summed E-state index contributed by atoms with van der Waals surface area (Å²) in [7, 11) is 0. The van der Waals surface area contributed by atoms with E-state index < -0.39 is 0 Å². The average Bonchev–Trinajstić information content (AvgIpc) is 2.82. The molecule has 0 aliphatic heterocycles. The van der Waals surface area contributed by atoms with Gasteiger partial charge in [-0.25, -0.2) is 9.37 Å². The summed E-state index contributed by atoms with van der Waals surface area (Å²) < 4.78 is 15.4. The third-order valence-electron chi connectivity index (χ3n) is 3.00. The second-order valence-corrected chi connectivity index (χ2v) is 4.34. The number of aromatic nitrogens is 2. The summed E-state index contributed by atoms with van der Waals surface area (Å²) in [4.78, 5) is 15.1. The van der Waals surface area contributed by atoms with Gasteiger partial charge in [-0.1, -0.05) is 18.2 Å². The standard InChI is InChI=1S/C15H11FN2O/c16-14-4-2-1-3-12(14)8-13-9-18-6-5-11(10-19)7-15(18)17-13/h1-7,9-10H,8H2. The number of carbonyl (C=O) groups is 1. The SMILES string of the molecule is O=Cc1ccn2cc(Cc3ccccc3F)nc2c1. The molecule has 0 unspecified atom stereocenters. The highest BCUT2D eigenvalue weighted by molar-refractivity contribution is 5.76. The zero-order chi connectivity index (χ0) is 13.2. The van der Waals surface area contributed by atoms with E-state index in [9.17, 15) is 9.18 Å². The van der Waals surface area contributed by atoms with Gasteiger partial charge in [0, 0.05) is 24.4 Å². The van der Waals surface area contributed by atoms with E-state index in [1.807, 2.05) is 10.6 Å². The Morgan fingerprint density at radius 2 is 2.11 bits per heavy atom. The van der Waals surface area contributed by atoms with Crippen molar-refractivity contribution in [3.63, 3.8) is 0 Å². The molecule has 0 saturated heterocycles. The molecule has 2 aromatic heterocycles. The molecule has 0 aliphatic rings. The third kappa shape index (κ3) is 2.25. The van der Waals surface area contributed by atoms with E-state index in [1.165, 1.54) is 6.07 Å². The van der Waals surface area contributed by atoms with E-state index >= 15 is 0 Å². The Bertz CT molecular complexity index is 749. The van der Waals surface area contributed by atoms with E-state index in [4.69, 9.17) is 0 Å². The van der Waals surface area contributed by atoms with Crippen LogP contribution in [0.3, 0.4) is 0 Å². The van der Waals surface area contributed by atoms with Crippen molar-refractivity contribution >= 4 is 11.9 Å². The maximum absolute atomic E-state index is 13.6. The minimum atomic E-state index is -0.229. The van der Waals surface area contributed by atoms with Gasteiger partial charge in [-0.15, -0.1) is 0 Å². The van der Waals surface area contributed by atoms with Crippen LogP contribution in [0.4, 0.5) is 4.39 Å². The minimum Gasteiger partial charge on any atom is -0.307 e. The smallest absolute Gasteiger partial charge is 0.150 e. The van der Waals surface area contributed by atoms with Crippen LogP contribution < -0.4 is 0 Å². The van der Waals surface area contributed by atoms with Crippen LogP contribution in [-0.4, -0.2) is 15.7 Å². The summed E-state index contributed by atoms with van der Waals surface area (Å²) in [5.41, 5.74) is 2.65. The van der Waals surface area contributed by atoms with Gasteiger partial charge in [-0.2, -0.15) is 0 Å². The fourth-order valence-corrected chi connectivity index (χ4v) is 2.05. The van der Waals surface area contributed by atoms with Gasteiger partial charge in [0.1, 0.15) is 17.8 Å². The number of fused-ring (bicyclic) bond motifs is 1. The molecule has 4 heteroatoms. The molecule has 1 aromatic carbocycles. The quantitative estimate of drug-likeness (QED) is 0.673. The first kappa shape index (κ1) is 11.6. The fraction of sp³-hybridized carbons (Fsp3) is 0.0667. The molecular weight excluding hydrogens is 243 g/mol. The summed E-state index contributed by atoms with van der Waals surface area (Å²) in [6.45, 7) is 0. The Labute approximate surface area is 109 Å². The van der Waals surface area contributed by atoms with Crippen LogP contribution in [0, 0.1) is 5.82 Å². The molecule has 0 atom stereocenters. The lowest BCUT2D eigenvalue weighted by Gasteiger charge is -1.98. The lowest BCUT2D eigenvalue weighted by Crippen LogP contribution is -1.91. The molecule has 3 nitrogen and oxygen atoms in total. The molecule has 2 heterocycles. The topological polar surface area (TPSA) is 34.4 Å². The first-order chi connectivity index (χ1) is 9.26. The maximum atomic E-state index is 13.6. The molecule has 0 N–H and O–H groups in total. The summed E-state index contributed by atoms with van der Waals surface area (Å²) in [5, 5.41) is 0. The second kappa shape index (κ2) is 4.65. The second-order valence-electron chi connectivity index (χ2n) is 4.34. The largest absolute Gasteiger partial charge is 0.307 e. The van der Waals surface area contributed by atoms with Crippen LogP contribution in [-0.2, 0) is 6.42 Å². The number of imidazole rings is 1. The van der Waals surface area contributed by atoms with Crippen LogP contribution in [0.5, 0.6) is 0 Å². The third-order valence-corrected chi connectivity index (χ3v) is 3.00. The molecule has 19 heavy (non-hydrogen) atoms. The number of benzene rings is 1. The highest BCUT2D eigenvalue weighted by atomic mass is 19.1. The van der Waals surface area contributed by atoms with Gasteiger partial charge < -0.3 is 4.40 Å². The van der Waals surface area contributed by atoms with Gasteiger partial charge >= 0.3 is 0 Å². The number of hydrogen-bond donors (Lipinski definition) is 0. The highest BCUT2D eigenvalue weighted by Gasteiger charge is 2.06. The number of rotatable bonds is 3. The van der Waals surface area contributed by atoms with Crippen LogP contribution in [0.15, 0.2) is 48.8 Å². The summed E-state index contributed by atoms with van der Waals surface area (Å²) in [6.07, 6.45) is 4.84. The fourth-order valence-electron chi connectivity index (χ4n) is 2.05. The number of aldehydes is 1. The monoisotopic (exact) mass is 254 g/mol. The minimum absolute atomic E-state index is 0.229. The van der Waals surface area contributed by atoms with Crippen molar-refractivity contribution in [3.05, 3.63) is 71.4 Å². The average molecular weight is 254 g/mol. The van der Waals surface area contributed by atoms with Gasteiger partial charge in [0.05, 0.1) is 5.69 Å². The van der Waals surface area contributed by atoms with E-state index in [1.54, 1.807) is 36.5 Å². The van der Waals surface area contributed by atoms with Crippen LogP contribution in [0.25, 0.3) is 5.65 Å². The van der Waals surface area contributed by atoms with Gasteiger partial charge in [-0.05, 0) is 23.8 Å². The van der Waals surface area contributed by atoms with Crippen molar-refractivity contribution in [1.29, 1.82) is 0 Å². The molecule has 0 fully saturated rings. The molecule has 0 aliphatic carbocycles. The Morgan fingerprint density at radius 1 is 1.26 bits per heavy atom. The molecule has 0 amide bonds. The Kier molecular flexibility index (Phi) is 2.83. The summed E-state index contributed by atoms with van der Waals surface area (Å²) in [5.74, 6) is -0.229. The summed E-state index contributed by atoms with van der Waals surface area (Å²) in [6, 6.07) is 10.1. The first-order valence-corrected chi connectivity index (χ1v) is 5.92. The van der Waals surface area contributed by atoms with Crippen LogP contribution >= 0.6 is 0 Å². The molecular formula is C15H11FN2O. The molecule has 0 radical (unpaired) electrons. The Hall–Kier alpha value is -2.49. The molecule has 0 bridgehead atoms. The van der Waals surface area contributed by atoms with Crippen molar-refractivity contribution in [3.8, 4) is 0 Å². The van der Waals surface area contributed by atoms with Gasteiger partial charge in [0.15, 0.2) is 0 Å². The number of halogens is 1. The molecule has 3 aromatic rings. The summed E-state index contributed by atoms with van der Waals surface area (Å²) >= 11 is 0. The molecule has 94 valence electrons. The number of nitrogens with zero attached hydrogens (tertiary/aromatic N) is 2. The highest BCUT2D eigenvalue weighted by Crippen LogP contribution is 2.14. The Morgan fingerprint density at radius 3 is 2.89 bits per heavy atom. The predicted octanol–water partition coefficient (Wildman–Crippen LogP) is 2.88. The number of carbonyl (C=O) groups excluding carboxylic acids is 1. The first-order valence-electron chi connectivity index (χ1n) is 5.92. The van der Waals surface area contributed by atoms with E-state index in [0.29, 0.717) is 23.2 Å². The van der Waals surface area contributed by atoms with Crippen LogP contribution in [0.1, 0.15) is 21.6 Å². The lowest BCUT2D eigenvalue weighted by atomic mass is 10.1. The van der Waals surface area contributed by atoms with E-state index in [-0.39, 0.29) is 5.82 Å². The predicted molar refractivity (Wildman–Crippen MR) is 69.8 cm³/mol. The molecule has 3 rings (SSSR count). The van der Waals surface area contributed by atoms with Crippen molar-refractivity contribution in [1.82, 2.24) is 9.38 Å². The number of pyridine rings is 1. The molecule has 0 spiro atoms. The zero-order valence-corrected chi connectivity index (χ0v) is 10.1. The van der Waals surface area contributed by atoms with Gasteiger partial charge in [-0.3, -0.25) is 4.79 Å². The number of hydrogen-bond acceptors (Lipinski definition) is 2.